The van der Waals surface area contributed by atoms with Gasteiger partial charge in [-0.2, -0.15) is 0 Å². The third-order valence-corrected chi connectivity index (χ3v) is 5.39. The van der Waals surface area contributed by atoms with Crippen molar-refractivity contribution in [2.45, 2.75) is 25.4 Å². The maximum absolute atomic E-state index is 12.9. The highest BCUT2D eigenvalue weighted by Crippen LogP contribution is 2.46. The minimum Gasteiger partial charge on any atom is -0.485 e. The molecule has 4 atom stereocenters. The number of ether oxygens (including phenoxy) is 2. The number of carbonyl (C=O) groups is 2. The quantitative estimate of drug-likeness (QED) is 0.260. The number of aliphatic hydroxyl groups is 1. The SMILES string of the molecule is COC(=O)CCONC1=C[C@@H]2[C@@H](C1)C[C@@H](O)[C@@H]2C=CC(=O)COc1ccc(F)cc1. The highest BCUT2D eigenvalue weighted by atomic mass is 19.1. The van der Waals surface area contributed by atoms with Crippen molar-refractivity contribution in [3.8, 4) is 5.75 Å². The number of benzene rings is 1. The van der Waals surface area contributed by atoms with Crippen molar-refractivity contribution < 1.29 is 33.4 Å². The summed E-state index contributed by atoms with van der Waals surface area (Å²) in [5.41, 5.74) is 3.77. The molecule has 30 heavy (non-hydrogen) atoms. The summed E-state index contributed by atoms with van der Waals surface area (Å²) in [4.78, 5) is 28.5. The van der Waals surface area contributed by atoms with Crippen LogP contribution in [0, 0.1) is 23.6 Å². The van der Waals surface area contributed by atoms with Crippen LogP contribution in [0.1, 0.15) is 19.3 Å². The van der Waals surface area contributed by atoms with E-state index in [9.17, 15) is 19.1 Å². The van der Waals surface area contributed by atoms with Crippen LogP contribution in [-0.2, 0) is 19.2 Å². The molecule has 0 aromatic heterocycles. The zero-order chi connectivity index (χ0) is 21.5. The van der Waals surface area contributed by atoms with Crippen molar-refractivity contribution in [2.75, 3.05) is 20.3 Å². The Morgan fingerprint density at radius 2 is 2.07 bits per heavy atom. The van der Waals surface area contributed by atoms with Crippen molar-refractivity contribution in [1.29, 1.82) is 0 Å². The first-order valence-electron chi connectivity index (χ1n) is 9.89. The molecule has 1 aromatic rings. The van der Waals surface area contributed by atoms with E-state index in [1.54, 1.807) is 6.08 Å². The molecule has 7 nitrogen and oxygen atoms in total. The van der Waals surface area contributed by atoms with Gasteiger partial charge >= 0.3 is 5.97 Å². The third-order valence-electron chi connectivity index (χ3n) is 5.39. The maximum atomic E-state index is 12.9. The van der Waals surface area contributed by atoms with Gasteiger partial charge in [-0.1, -0.05) is 12.2 Å². The monoisotopic (exact) mass is 419 g/mol. The molecule has 0 aliphatic heterocycles. The van der Waals surface area contributed by atoms with E-state index in [2.05, 4.69) is 10.2 Å². The van der Waals surface area contributed by atoms with E-state index in [-0.39, 0.29) is 55.0 Å². The predicted octanol–water partition coefficient (Wildman–Crippen LogP) is 2.31. The Balaban J connectivity index is 1.47. The van der Waals surface area contributed by atoms with Gasteiger partial charge in [-0.3, -0.25) is 19.9 Å². The second-order valence-corrected chi connectivity index (χ2v) is 7.46. The van der Waals surface area contributed by atoms with E-state index in [4.69, 9.17) is 9.57 Å². The largest absolute Gasteiger partial charge is 0.485 e. The van der Waals surface area contributed by atoms with E-state index in [0.717, 1.165) is 12.1 Å². The van der Waals surface area contributed by atoms with Crippen LogP contribution in [0.25, 0.3) is 0 Å². The highest BCUT2D eigenvalue weighted by Gasteiger charge is 2.43. The summed E-state index contributed by atoms with van der Waals surface area (Å²) in [5.74, 6) is -0.316. The van der Waals surface area contributed by atoms with E-state index in [1.165, 1.54) is 37.5 Å². The standard InChI is InChI=1S/C22H26FNO6/c1-28-22(27)8-9-30-24-16-10-14-11-21(26)19(20(14)12-16)7-4-17(25)13-29-18-5-2-15(23)3-6-18/h2-7,12,14,19-21,24,26H,8-11,13H2,1H3/t14-,19+,20+,21+/m0/s1. The number of fused-ring (bicyclic) bond motifs is 1. The van der Waals surface area contributed by atoms with Crippen molar-refractivity contribution >= 4 is 11.8 Å². The van der Waals surface area contributed by atoms with Gasteiger partial charge in [0, 0.05) is 11.6 Å². The normalized spacial score (nSPS) is 25.1. The fourth-order valence-electron chi connectivity index (χ4n) is 3.91. The molecule has 0 unspecified atom stereocenters. The van der Waals surface area contributed by atoms with Gasteiger partial charge in [0.2, 0.25) is 0 Å². The molecule has 0 amide bonds. The van der Waals surface area contributed by atoms with Gasteiger partial charge < -0.3 is 14.6 Å². The molecule has 162 valence electrons. The number of nitrogens with one attached hydrogen (secondary N) is 1. The van der Waals surface area contributed by atoms with Crippen LogP contribution in [-0.4, -0.2) is 43.3 Å². The number of carbonyl (C=O) groups excluding carboxylic acids is 2. The summed E-state index contributed by atoms with van der Waals surface area (Å²) in [7, 11) is 1.33. The first kappa shape index (κ1) is 22.0. The van der Waals surface area contributed by atoms with Crippen molar-refractivity contribution in [3.63, 3.8) is 0 Å². The van der Waals surface area contributed by atoms with Crippen LogP contribution in [0.15, 0.2) is 48.2 Å². The molecule has 0 bridgehead atoms. The fourth-order valence-corrected chi connectivity index (χ4v) is 3.91. The van der Waals surface area contributed by atoms with Crippen LogP contribution in [0.3, 0.4) is 0 Å². The molecule has 0 spiro atoms. The Kier molecular flexibility index (Phi) is 7.59. The Labute approximate surface area is 174 Å². The van der Waals surface area contributed by atoms with Gasteiger partial charge in [0.15, 0.2) is 12.4 Å². The van der Waals surface area contributed by atoms with E-state index in [1.807, 2.05) is 6.08 Å². The Morgan fingerprint density at radius 3 is 2.80 bits per heavy atom. The summed E-state index contributed by atoms with van der Waals surface area (Å²) < 4.78 is 22.8. The first-order chi connectivity index (χ1) is 14.5. The second kappa shape index (κ2) is 10.4. The second-order valence-electron chi connectivity index (χ2n) is 7.46. The van der Waals surface area contributed by atoms with Crippen LogP contribution in [0.2, 0.25) is 0 Å². The van der Waals surface area contributed by atoms with Crippen LogP contribution in [0.4, 0.5) is 4.39 Å². The topological polar surface area (TPSA) is 94.1 Å². The van der Waals surface area contributed by atoms with Gasteiger partial charge in [0.25, 0.3) is 0 Å². The number of aliphatic hydroxyl groups excluding tert-OH is 1. The number of methoxy groups -OCH3 is 1. The number of hydroxylamine groups is 1. The van der Waals surface area contributed by atoms with Crippen molar-refractivity contribution in [2.24, 2.45) is 17.8 Å². The molecule has 0 heterocycles. The molecule has 3 rings (SSSR count). The molecule has 0 saturated heterocycles. The van der Waals surface area contributed by atoms with E-state index < -0.39 is 6.10 Å². The minimum absolute atomic E-state index is 0.105. The fraction of sp³-hybridized carbons (Fsp3) is 0.455. The number of esters is 1. The maximum Gasteiger partial charge on any atom is 0.307 e. The molecule has 1 saturated carbocycles. The van der Waals surface area contributed by atoms with E-state index >= 15 is 0 Å². The lowest BCUT2D eigenvalue weighted by molar-refractivity contribution is -0.142. The molecule has 0 radical (unpaired) electrons. The number of hydrogen-bond donors (Lipinski definition) is 2. The zero-order valence-electron chi connectivity index (χ0n) is 16.8. The summed E-state index contributed by atoms with van der Waals surface area (Å²) in [6, 6.07) is 5.45. The smallest absolute Gasteiger partial charge is 0.307 e. The molecule has 8 heteroatoms. The third kappa shape index (κ3) is 5.90. The number of allylic oxidation sites excluding steroid dienone is 2. The lowest BCUT2D eigenvalue weighted by atomic mass is 9.91. The highest BCUT2D eigenvalue weighted by molar-refractivity contribution is 5.91. The number of halogens is 1. The zero-order valence-corrected chi connectivity index (χ0v) is 16.8. The van der Waals surface area contributed by atoms with Crippen LogP contribution < -0.4 is 10.2 Å². The molecule has 2 aliphatic rings. The summed E-state index contributed by atoms with van der Waals surface area (Å²) >= 11 is 0. The Morgan fingerprint density at radius 1 is 1.30 bits per heavy atom. The summed E-state index contributed by atoms with van der Waals surface area (Å²) in [5, 5.41) is 10.4. The number of rotatable bonds is 10. The van der Waals surface area contributed by atoms with Gasteiger partial charge in [-0.05, 0) is 55.0 Å². The number of ketones is 1. The Bertz CT molecular complexity index is 806. The molecule has 2 aliphatic carbocycles. The molecular formula is C22H26FNO6. The molecule has 1 aromatic carbocycles. The van der Waals surface area contributed by atoms with Crippen molar-refractivity contribution in [1.82, 2.24) is 5.48 Å². The molecule has 1 fully saturated rings. The summed E-state index contributed by atoms with van der Waals surface area (Å²) in [6.07, 6.45) is 6.23. The Hall–Kier alpha value is -2.71. The minimum atomic E-state index is -0.514. The molecule has 2 N–H and O–H groups in total. The number of hydrogen-bond acceptors (Lipinski definition) is 7. The average molecular weight is 419 g/mol. The first-order valence-corrected chi connectivity index (χ1v) is 9.89. The van der Waals surface area contributed by atoms with Crippen LogP contribution in [0.5, 0.6) is 5.75 Å². The van der Waals surface area contributed by atoms with E-state index in [0.29, 0.717) is 12.2 Å². The average Bonchev–Trinajstić information content (AvgIpc) is 3.25. The lowest BCUT2D eigenvalue weighted by Gasteiger charge is -2.15. The van der Waals surface area contributed by atoms with Gasteiger partial charge in [-0.15, -0.1) is 0 Å². The predicted molar refractivity (Wildman–Crippen MR) is 106 cm³/mol. The van der Waals surface area contributed by atoms with Gasteiger partial charge in [0.1, 0.15) is 11.6 Å². The van der Waals surface area contributed by atoms with Crippen LogP contribution >= 0.6 is 0 Å². The van der Waals surface area contributed by atoms with Crippen molar-refractivity contribution in [3.05, 3.63) is 54.0 Å². The summed E-state index contributed by atoms with van der Waals surface area (Å²) in [6.45, 7) is 0.0452. The molecular weight excluding hydrogens is 393 g/mol. The lowest BCUT2D eigenvalue weighted by Crippen LogP contribution is -2.19. The van der Waals surface area contributed by atoms with Gasteiger partial charge in [0.05, 0.1) is 26.2 Å². The van der Waals surface area contributed by atoms with Gasteiger partial charge in [-0.25, -0.2) is 4.39 Å².